The van der Waals surface area contributed by atoms with Gasteiger partial charge in [-0.05, 0) is 30.3 Å². The normalized spacial score (nSPS) is 11.0. The third-order valence-electron chi connectivity index (χ3n) is 3.40. The maximum absolute atomic E-state index is 6.03. The highest BCUT2D eigenvalue weighted by Gasteiger charge is 2.18. The van der Waals surface area contributed by atoms with Crippen molar-refractivity contribution in [1.29, 1.82) is 0 Å². The maximum Gasteiger partial charge on any atom is 0.220 e. The van der Waals surface area contributed by atoms with E-state index in [2.05, 4.69) is 19.9 Å². The van der Waals surface area contributed by atoms with Gasteiger partial charge < -0.3 is 5.73 Å². The van der Waals surface area contributed by atoms with Crippen LogP contribution in [0.1, 0.15) is 0 Å². The van der Waals surface area contributed by atoms with Gasteiger partial charge in [0, 0.05) is 12.4 Å². The first-order valence-electron chi connectivity index (χ1n) is 6.91. The molecule has 0 unspecified atom stereocenters. The Morgan fingerprint density at radius 3 is 2.65 bits per heavy atom. The number of anilines is 1. The lowest BCUT2D eigenvalue weighted by molar-refractivity contribution is 1.14. The van der Waals surface area contributed by atoms with E-state index in [0.717, 1.165) is 11.3 Å². The minimum absolute atomic E-state index is 0.207. The molecule has 0 amide bonds. The molecule has 0 aliphatic heterocycles. The summed E-state index contributed by atoms with van der Waals surface area (Å²) in [4.78, 5) is 17.3. The van der Waals surface area contributed by atoms with Crippen molar-refractivity contribution >= 4 is 23.2 Å². The second kappa shape index (κ2) is 5.33. The van der Waals surface area contributed by atoms with E-state index in [1.54, 1.807) is 18.3 Å². The Balaban J connectivity index is 2.06. The molecule has 4 heterocycles. The molecule has 0 fully saturated rings. The van der Waals surface area contributed by atoms with Gasteiger partial charge in [-0.3, -0.25) is 4.40 Å². The summed E-state index contributed by atoms with van der Waals surface area (Å²) in [5.41, 5.74) is 9.36. The van der Waals surface area contributed by atoms with E-state index >= 15 is 0 Å². The number of pyridine rings is 2. The minimum Gasteiger partial charge on any atom is -0.368 e. The molecule has 2 N–H and O–H groups in total. The van der Waals surface area contributed by atoms with Crippen LogP contribution in [0.25, 0.3) is 28.4 Å². The molecule has 0 atom stereocenters. The molecule has 4 aromatic heterocycles. The van der Waals surface area contributed by atoms with E-state index in [0.29, 0.717) is 22.2 Å². The Kier molecular flexibility index (Phi) is 3.17. The molecule has 4 rings (SSSR count). The Morgan fingerprint density at radius 1 is 0.913 bits per heavy atom. The molecule has 0 saturated carbocycles. The van der Waals surface area contributed by atoms with Crippen LogP contribution in [-0.4, -0.2) is 24.3 Å². The van der Waals surface area contributed by atoms with E-state index in [9.17, 15) is 0 Å². The SMILES string of the molecule is Nc1nccc(-c2c(-c3cccc(Cl)n3)nc3ccccn23)n1. The van der Waals surface area contributed by atoms with Crippen molar-refractivity contribution in [2.75, 3.05) is 5.73 Å². The summed E-state index contributed by atoms with van der Waals surface area (Å²) in [6.45, 7) is 0. The maximum atomic E-state index is 6.03. The summed E-state index contributed by atoms with van der Waals surface area (Å²) in [5.74, 6) is 0.207. The highest BCUT2D eigenvalue weighted by atomic mass is 35.5. The van der Waals surface area contributed by atoms with Crippen molar-refractivity contribution in [3.8, 4) is 22.8 Å². The van der Waals surface area contributed by atoms with Gasteiger partial charge in [0.2, 0.25) is 5.95 Å². The molecule has 0 saturated heterocycles. The zero-order valence-electron chi connectivity index (χ0n) is 11.9. The van der Waals surface area contributed by atoms with Crippen molar-refractivity contribution in [2.24, 2.45) is 0 Å². The summed E-state index contributed by atoms with van der Waals surface area (Å²) in [7, 11) is 0. The molecular weight excluding hydrogens is 312 g/mol. The predicted octanol–water partition coefficient (Wildman–Crippen LogP) is 3.09. The van der Waals surface area contributed by atoms with Crippen LogP contribution >= 0.6 is 11.6 Å². The molecule has 112 valence electrons. The fourth-order valence-corrected chi connectivity index (χ4v) is 2.63. The van der Waals surface area contributed by atoms with Crippen LogP contribution in [0.3, 0.4) is 0 Å². The van der Waals surface area contributed by atoms with Crippen LogP contribution in [0.4, 0.5) is 5.95 Å². The number of nitrogen functional groups attached to an aromatic ring is 1. The summed E-state index contributed by atoms with van der Waals surface area (Å²) >= 11 is 6.03. The third kappa shape index (κ3) is 2.39. The Morgan fingerprint density at radius 2 is 1.83 bits per heavy atom. The van der Waals surface area contributed by atoms with Crippen molar-refractivity contribution in [3.05, 3.63) is 60.0 Å². The van der Waals surface area contributed by atoms with E-state index in [4.69, 9.17) is 17.3 Å². The number of aromatic nitrogens is 5. The first kappa shape index (κ1) is 13.7. The number of fused-ring (bicyclic) bond motifs is 1. The van der Waals surface area contributed by atoms with Gasteiger partial charge in [-0.15, -0.1) is 0 Å². The fourth-order valence-electron chi connectivity index (χ4n) is 2.46. The van der Waals surface area contributed by atoms with Crippen LogP contribution in [0.2, 0.25) is 5.15 Å². The van der Waals surface area contributed by atoms with E-state index in [1.165, 1.54) is 0 Å². The number of nitrogens with two attached hydrogens (primary N) is 1. The van der Waals surface area contributed by atoms with E-state index in [-0.39, 0.29) is 5.95 Å². The molecule has 0 aromatic carbocycles. The zero-order chi connectivity index (χ0) is 15.8. The molecule has 4 aromatic rings. The fraction of sp³-hybridized carbons (Fsp3) is 0. The van der Waals surface area contributed by atoms with Crippen LogP contribution in [0, 0.1) is 0 Å². The van der Waals surface area contributed by atoms with Gasteiger partial charge in [-0.2, -0.15) is 0 Å². The number of imidazole rings is 1. The van der Waals surface area contributed by atoms with Crippen LogP contribution in [0.5, 0.6) is 0 Å². The van der Waals surface area contributed by atoms with Gasteiger partial charge in [0.05, 0.1) is 11.4 Å². The molecule has 7 heteroatoms. The molecule has 0 spiro atoms. The average molecular weight is 323 g/mol. The second-order valence-corrected chi connectivity index (χ2v) is 5.27. The summed E-state index contributed by atoms with van der Waals surface area (Å²) in [6, 6.07) is 13.0. The Hall–Kier alpha value is -2.99. The van der Waals surface area contributed by atoms with E-state index in [1.807, 2.05) is 40.9 Å². The van der Waals surface area contributed by atoms with Gasteiger partial charge in [-0.1, -0.05) is 23.7 Å². The predicted molar refractivity (Wildman–Crippen MR) is 88.9 cm³/mol. The number of hydrogen-bond donors (Lipinski definition) is 1. The van der Waals surface area contributed by atoms with Crippen molar-refractivity contribution in [1.82, 2.24) is 24.3 Å². The summed E-state index contributed by atoms with van der Waals surface area (Å²) in [6.07, 6.45) is 3.54. The van der Waals surface area contributed by atoms with Crippen molar-refractivity contribution in [2.45, 2.75) is 0 Å². The first-order valence-corrected chi connectivity index (χ1v) is 7.29. The largest absolute Gasteiger partial charge is 0.368 e. The summed E-state index contributed by atoms with van der Waals surface area (Å²) < 4.78 is 1.94. The smallest absolute Gasteiger partial charge is 0.220 e. The standard InChI is InChI=1S/C16H11ClN6/c17-12-5-3-4-10(20-12)14-15(11-7-8-19-16(18)21-11)23-9-2-1-6-13(23)22-14/h1-9H,(H2,18,19,21). The van der Waals surface area contributed by atoms with Crippen molar-refractivity contribution < 1.29 is 0 Å². The third-order valence-corrected chi connectivity index (χ3v) is 3.61. The lowest BCUT2D eigenvalue weighted by atomic mass is 10.2. The summed E-state index contributed by atoms with van der Waals surface area (Å²) in [5, 5.41) is 0.410. The number of rotatable bonds is 2. The minimum atomic E-state index is 0.207. The van der Waals surface area contributed by atoms with Gasteiger partial charge in [-0.25, -0.2) is 19.9 Å². The zero-order valence-corrected chi connectivity index (χ0v) is 12.6. The number of halogens is 1. The van der Waals surface area contributed by atoms with Gasteiger partial charge in [0.15, 0.2) is 0 Å². The van der Waals surface area contributed by atoms with Gasteiger partial charge in [0.1, 0.15) is 22.2 Å². The van der Waals surface area contributed by atoms with Crippen LogP contribution < -0.4 is 5.73 Å². The molecule has 0 radical (unpaired) electrons. The van der Waals surface area contributed by atoms with Crippen LogP contribution in [0.15, 0.2) is 54.9 Å². The molecule has 0 aliphatic carbocycles. The Labute approximate surface area is 136 Å². The lowest BCUT2D eigenvalue weighted by Gasteiger charge is -2.05. The highest BCUT2D eigenvalue weighted by molar-refractivity contribution is 6.29. The quantitative estimate of drug-likeness (QED) is 0.573. The molecule has 0 bridgehead atoms. The monoisotopic (exact) mass is 322 g/mol. The first-order chi connectivity index (χ1) is 11.2. The molecule has 6 nitrogen and oxygen atoms in total. The topological polar surface area (TPSA) is 82.0 Å². The van der Waals surface area contributed by atoms with Gasteiger partial charge >= 0.3 is 0 Å². The molecular formula is C16H11ClN6. The van der Waals surface area contributed by atoms with Crippen molar-refractivity contribution in [3.63, 3.8) is 0 Å². The van der Waals surface area contributed by atoms with E-state index < -0.39 is 0 Å². The number of hydrogen-bond acceptors (Lipinski definition) is 5. The average Bonchev–Trinajstić information content (AvgIpc) is 2.94. The highest BCUT2D eigenvalue weighted by Crippen LogP contribution is 2.31. The van der Waals surface area contributed by atoms with Crippen LogP contribution in [-0.2, 0) is 0 Å². The number of nitrogens with zero attached hydrogens (tertiary/aromatic N) is 5. The Bertz CT molecular complexity index is 1010. The second-order valence-electron chi connectivity index (χ2n) is 4.88. The molecule has 0 aliphatic rings. The molecule has 23 heavy (non-hydrogen) atoms. The van der Waals surface area contributed by atoms with Gasteiger partial charge in [0.25, 0.3) is 0 Å². The lowest BCUT2D eigenvalue weighted by Crippen LogP contribution is -1.98.